The molecule has 0 radical (unpaired) electrons. The van der Waals surface area contributed by atoms with Crippen molar-refractivity contribution in [3.8, 4) is 17.0 Å². The van der Waals surface area contributed by atoms with E-state index < -0.39 is 11.8 Å². The molecule has 92 valence electrons. The average Bonchev–Trinajstić information content (AvgIpc) is 2.97. The van der Waals surface area contributed by atoms with Crippen LogP contribution in [-0.4, -0.2) is 22.8 Å². The predicted molar refractivity (Wildman–Crippen MR) is 58.1 cm³/mol. The topological polar surface area (TPSA) is 72.6 Å². The molecule has 6 heteroatoms. The second-order valence-corrected chi connectivity index (χ2v) is 3.88. The summed E-state index contributed by atoms with van der Waals surface area (Å²) in [5.74, 6) is -1.46. The summed E-state index contributed by atoms with van der Waals surface area (Å²) in [7, 11) is 0. The molecule has 0 atom stereocenters. The highest BCUT2D eigenvalue weighted by Crippen LogP contribution is 2.33. The van der Waals surface area contributed by atoms with Gasteiger partial charge in [0.2, 0.25) is 5.76 Å². The van der Waals surface area contributed by atoms with Crippen LogP contribution in [-0.2, 0) is 6.42 Å². The standard InChI is InChI=1S/C12H8FNO4/c13-11-6(1-2-9-7(11)3-4-17-9)8-5-10(12(15)16)18-14-8/h1-2,5H,3-4H2,(H,15,16). The quantitative estimate of drug-likeness (QED) is 0.882. The van der Waals surface area contributed by atoms with Crippen molar-refractivity contribution in [1.29, 1.82) is 0 Å². The van der Waals surface area contributed by atoms with E-state index in [1.807, 2.05) is 0 Å². The van der Waals surface area contributed by atoms with E-state index in [1.54, 1.807) is 6.07 Å². The summed E-state index contributed by atoms with van der Waals surface area (Å²) >= 11 is 0. The molecule has 2 aromatic rings. The van der Waals surface area contributed by atoms with Gasteiger partial charge in [0.15, 0.2) is 0 Å². The van der Waals surface area contributed by atoms with Gasteiger partial charge in [-0.2, -0.15) is 0 Å². The summed E-state index contributed by atoms with van der Waals surface area (Å²) < 4.78 is 24.0. The molecule has 0 bridgehead atoms. The lowest BCUT2D eigenvalue weighted by Gasteiger charge is -2.03. The predicted octanol–water partition coefficient (Wildman–Crippen LogP) is 2.11. The Labute approximate surface area is 101 Å². The van der Waals surface area contributed by atoms with Gasteiger partial charge in [-0.25, -0.2) is 9.18 Å². The molecule has 3 rings (SSSR count). The van der Waals surface area contributed by atoms with Crippen molar-refractivity contribution >= 4 is 5.97 Å². The van der Waals surface area contributed by atoms with E-state index in [0.717, 1.165) is 0 Å². The molecule has 0 amide bonds. The Morgan fingerprint density at radius 3 is 3.00 bits per heavy atom. The van der Waals surface area contributed by atoms with Crippen LogP contribution in [0.5, 0.6) is 5.75 Å². The third-order valence-corrected chi connectivity index (χ3v) is 2.81. The summed E-state index contributed by atoms with van der Waals surface area (Å²) in [5.41, 5.74) is 0.877. The van der Waals surface area contributed by atoms with Crippen molar-refractivity contribution < 1.29 is 23.6 Å². The lowest BCUT2D eigenvalue weighted by Crippen LogP contribution is -1.92. The Morgan fingerprint density at radius 1 is 1.44 bits per heavy atom. The van der Waals surface area contributed by atoms with Gasteiger partial charge in [0, 0.05) is 23.6 Å². The van der Waals surface area contributed by atoms with Crippen LogP contribution in [0.25, 0.3) is 11.3 Å². The number of benzene rings is 1. The third kappa shape index (κ3) is 1.54. The molecule has 18 heavy (non-hydrogen) atoms. The largest absolute Gasteiger partial charge is 0.493 e. The molecular weight excluding hydrogens is 241 g/mol. The number of fused-ring (bicyclic) bond motifs is 1. The maximum absolute atomic E-state index is 14.2. The number of carbonyl (C=O) groups is 1. The minimum atomic E-state index is -1.24. The highest BCUT2D eigenvalue weighted by Gasteiger charge is 2.22. The molecule has 1 aromatic heterocycles. The number of carboxylic acids is 1. The monoisotopic (exact) mass is 249 g/mol. The summed E-state index contributed by atoms with van der Waals surface area (Å²) in [6, 6.07) is 4.35. The first-order valence-electron chi connectivity index (χ1n) is 5.31. The second-order valence-electron chi connectivity index (χ2n) is 3.88. The van der Waals surface area contributed by atoms with Crippen molar-refractivity contribution in [2.24, 2.45) is 0 Å². The fourth-order valence-corrected chi connectivity index (χ4v) is 1.94. The summed E-state index contributed by atoms with van der Waals surface area (Å²) in [5, 5.41) is 12.3. The van der Waals surface area contributed by atoms with Gasteiger partial charge in [0.1, 0.15) is 17.3 Å². The number of rotatable bonds is 2. The van der Waals surface area contributed by atoms with E-state index in [-0.39, 0.29) is 17.0 Å². The number of aromatic carboxylic acids is 1. The second kappa shape index (κ2) is 3.83. The molecule has 0 unspecified atom stereocenters. The zero-order chi connectivity index (χ0) is 12.7. The van der Waals surface area contributed by atoms with Gasteiger partial charge < -0.3 is 14.4 Å². The van der Waals surface area contributed by atoms with Gasteiger partial charge >= 0.3 is 5.97 Å². The van der Waals surface area contributed by atoms with Crippen molar-refractivity contribution in [3.05, 3.63) is 35.3 Å². The Morgan fingerprint density at radius 2 is 2.28 bits per heavy atom. The van der Waals surface area contributed by atoms with Crippen LogP contribution in [0.2, 0.25) is 0 Å². The molecule has 0 spiro atoms. The SMILES string of the molecule is O=C(O)c1cc(-c2ccc3c(c2F)CCO3)no1. The van der Waals surface area contributed by atoms with E-state index in [9.17, 15) is 9.18 Å². The minimum Gasteiger partial charge on any atom is -0.493 e. The van der Waals surface area contributed by atoms with Crippen LogP contribution in [0.15, 0.2) is 22.7 Å². The first-order chi connectivity index (χ1) is 8.66. The normalized spacial score (nSPS) is 13.2. The first-order valence-corrected chi connectivity index (χ1v) is 5.31. The molecule has 0 saturated carbocycles. The number of nitrogens with zero attached hydrogens (tertiary/aromatic N) is 1. The fourth-order valence-electron chi connectivity index (χ4n) is 1.94. The smallest absolute Gasteiger partial charge is 0.374 e. The van der Waals surface area contributed by atoms with Crippen molar-refractivity contribution in [3.63, 3.8) is 0 Å². The lowest BCUT2D eigenvalue weighted by atomic mass is 10.0. The van der Waals surface area contributed by atoms with Gasteiger partial charge in [-0.15, -0.1) is 0 Å². The maximum atomic E-state index is 14.2. The zero-order valence-corrected chi connectivity index (χ0v) is 9.14. The first kappa shape index (κ1) is 10.8. The summed E-state index contributed by atoms with van der Waals surface area (Å²) in [4.78, 5) is 10.7. The van der Waals surface area contributed by atoms with Crippen molar-refractivity contribution in [2.75, 3.05) is 6.61 Å². The molecule has 0 aliphatic carbocycles. The van der Waals surface area contributed by atoms with Gasteiger partial charge in [-0.3, -0.25) is 0 Å². The molecule has 1 N–H and O–H groups in total. The van der Waals surface area contributed by atoms with Gasteiger partial charge in [-0.05, 0) is 12.1 Å². The zero-order valence-electron chi connectivity index (χ0n) is 9.14. The molecule has 5 nitrogen and oxygen atoms in total. The van der Waals surface area contributed by atoms with E-state index in [1.165, 1.54) is 12.1 Å². The van der Waals surface area contributed by atoms with Crippen LogP contribution in [0, 0.1) is 5.82 Å². The minimum absolute atomic E-state index is 0.166. The van der Waals surface area contributed by atoms with Gasteiger partial charge in [0.25, 0.3) is 0 Å². The van der Waals surface area contributed by atoms with E-state index in [0.29, 0.717) is 24.3 Å². The van der Waals surface area contributed by atoms with Crippen LogP contribution < -0.4 is 4.74 Å². The molecule has 0 saturated heterocycles. The summed E-state index contributed by atoms with van der Waals surface area (Å²) in [6.07, 6.45) is 0.499. The highest BCUT2D eigenvalue weighted by molar-refractivity contribution is 5.85. The van der Waals surface area contributed by atoms with Gasteiger partial charge in [0.05, 0.1) is 6.61 Å². The van der Waals surface area contributed by atoms with Crippen LogP contribution >= 0.6 is 0 Å². The van der Waals surface area contributed by atoms with Crippen LogP contribution in [0.1, 0.15) is 16.1 Å². The van der Waals surface area contributed by atoms with Gasteiger partial charge in [-0.1, -0.05) is 5.16 Å². The maximum Gasteiger partial charge on any atom is 0.374 e. The highest BCUT2D eigenvalue weighted by atomic mass is 19.1. The Kier molecular flexibility index (Phi) is 2.29. The van der Waals surface area contributed by atoms with Crippen LogP contribution in [0.4, 0.5) is 4.39 Å². The number of ether oxygens (including phenoxy) is 1. The molecule has 1 aromatic carbocycles. The number of halogens is 1. The Bertz CT molecular complexity index is 635. The number of carboxylic acid groups (broad SMARTS) is 1. The van der Waals surface area contributed by atoms with E-state index >= 15 is 0 Å². The van der Waals surface area contributed by atoms with E-state index in [4.69, 9.17) is 9.84 Å². The number of aromatic nitrogens is 1. The van der Waals surface area contributed by atoms with E-state index in [2.05, 4.69) is 9.68 Å². The number of hydrogen-bond donors (Lipinski definition) is 1. The van der Waals surface area contributed by atoms with Crippen molar-refractivity contribution in [2.45, 2.75) is 6.42 Å². The van der Waals surface area contributed by atoms with Crippen LogP contribution in [0.3, 0.4) is 0 Å². The fraction of sp³-hybridized carbons (Fsp3) is 0.167. The Balaban J connectivity index is 2.09. The number of hydrogen-bond acceptors (Lipinski definition) is 4. The average molecular weight is 249 g/mol. The Hall–Kier alpha value is -2.37. The molecule has 2 heterocycles. The summed E-state index contributed by atoms with van der Waals surface area (Å²) in [6.45, 7) is 0.453. The van der Waals surface area contributed by atoms with Crippen molar-refractivity contribution in [1.82, 2.24) is 5.16 Å². The molecule has 1 aliphatic rings. The molecule has 0 fully saturated rings. The molecular formula is C12H8FNO4. The molecule has 1 aliphatic heterocycles. The lowest BCUT2D eigenvalue weighted by molar-refractivity contribution is 0.0652. The third-order valence-electron chi connectivity index (χ3n) is 2.81.